The van der Waals surface area contributed by atoms with Crippen LogP contribution in [0.25, 0.3) is 0 Å². The molecule has 1 rings (SSSR count). The van der Waals surface area contributed by atoms with E-state index in [1.165, 1.54) is 12.1 Å². The van der Waals surface area contributed by atoms with E-state index in [9.17, 15) is 17.4 Å². The highest BCUT2D eigenvalue weighted by Gasteiger charge is 2.40. The van der Waals surface area contributed by atoms with Crippen molar-refractivity contribution in [3.8, 4) is 0 Å². The van der Waals surface area contributed by atoms with E-state index in [4.69, 9.17) is 5.73 Å². The second-order valence-corrected chi connectivity index (χ2v) is 4.97. The van der Waals surface area contributed by atoms with Crippen LogP contribution in [-0.4, -0.2) is 15.6 Å². The zero-order chi connectivity index (χ0) is 11.0. The number of alkyl halides is 3. The molecule has 0 spiro atoms. The van der Waals surface area contributed by atoms with E-state index in [2.05, 4.69) is 5.87 Å². The molecule has 78 valence electrons. The normalized spacial score (nSPS) is 16.2. The van der Waals surface area contributed by atoms with Gasteiger partial charge in [-0.25, -0.2) is 0 Å². The lowest BCUT2D eigenvalue weighted by Gasteiger charge is -2.12. The largest absolute Gasteiger partial charge is 0.467 e. The van der Waals surface area contributed by atoms with Crippen molar-refractivity contribution >= 4 is 21.1 Å². The number of nitrogen functional groups attached to an aromatic ring is 1. The topological polar surface area (TPSA) is 43.1 Å². The smallest absolute Gasteiger partial charge is 0.399 e. The van der Waals surface area contributed by atoms with Crippen LogP contribution in [-0.2, 0) is 9.52 Å². The van der Waals surface area contributed by atoms with Crippen LogP contribution in [0.5, 0.6) is 0 Å². The number of nitrogens with two attached hydrogens (primary N) is 1. The first-order chi connectivity index (χ1) is 6.25. The van der Waals surface area contributed by atoms with Gasteiger partial charge in [0, 0.05) is 10.6 Å². The van der Waals surface area contributed by atoms with E-state index in [1.807, 2.05) is 0 Å². The summed E-state index contributed by atoms with van der Waals surface area (Å²) >= 11 is 0. The van der Waals surface area contributed by atoms with Gasteiger partial charge in [0.1, 0.15) is 0 Å². The molecule has 0 radical (unpaired) electrons. The maximum Gasteiger partial charge on any atom is 0.467 e. The molecule has 0 aliphatic carbocycles. The molecular weight excluding hydrogens is 215 g/mol. The minimum Gasteiger partial charge on any atom is -0.399 e. The number of benzene rings is 1. The van der Waals surface area contributed by atoms with Crippen LogP contribution in [0.4, 0.5) is 18.9 Å². The van der Waals surface area contributed by atoms with E-state index in [1.54, 1.807) is 0 Å². The lowest BCUT2D eigenvalue weighted by molar-refractivity contribution is -0.0392. The van der Waals surface area contributed by atoms with Crippen molar-refractivity contribution in [3.05, 3.63) is 24.3 Å². The summed E-state index contributed by atoms with van der Waals surface area (Å²) in [6, 6.07) is 4.65. The van der Waals surface area contributed by atoms with Crippen LogP contribution in [0.3, 0.4) is 0 Å². The van der Waals surface area contributed by atoms with E-state index in [0.717, 1.165) is 12.1 Å². The summed E-state index contributed by atoms with van der Waals surface area (Å²) in [7, 11) is -4.25. The Morgan fingerprint density at radius 1 is 1.21 bits per heavy atom. The SMILES string of the molecule is C=S(=O)(c1ccc(N)cc1)C(F)(F)F. The van der Waals surface area contributed by atoms with Crippen molar-refractivity contribution in [1.82, 2.24) is 0 Å². The van der Waals surface area contributed by atoms with Gasteiger partial charge in [0.05, 0.1) is 9.52 Å². The maximum absolute atomic E-state index is 12.3. The van der Waals surface area contributed by atoms with Gasteiger partial charge in [-0.05, 0) is 30.1 Å². The Morgan fingerprint density at radius 2 is 1.64 bits per heavy atom. The summed E-state index contributed by atoms with van der Waals surface area (Å²) in [5, 5.41) is 0. The minimum absolute atomic E-state index is 0.311. The maximum atomic E-state index is 12.3. The summed E-state index contributed by atoms with van der Waals surface area (Å²) in [4.78, 5) is -0.362. The molecule has 14 heavy (non-hydrogen) atoms. The first-order valence-corrected chi connectivity index (χ1v) is 5.27. The van der Waals surface area contributed by atoms with E-state index in [-0.39, 0.29) is 4.90 Å². The van der Waals surface area contributed by atoms with Gasteiger partial charge in [0.25, 0.3) is 0 Å². The molecule has 0 fully saturated rings. The monoisotopic (exact) mass is 223 g/mol. The predicted molar refractivity (Wildman–Crippen MR) is 50.4 cm³/mol. The second-order valence-electron chi connectivity index (χ2n) is 2.69. The molecule has 0 bridgehead atoms. The quantitative estimate of drug-likeness (QED) is 0.583. The predicted octanol–water partition coefficient (Wildman–Crippen LogP) is 1.86. The van der Waals surface area contributed by atoms with Crippen LogP contribution in [0.1, 0.15) is 0 Å². The lowest BCUT2D eigenvalue weighted by atomic mass is 10.3. The number of anilines is 1. The fourth-order valence-electron chi connectivity index (χ4n) is 0.821. The minimum atomic E-state index is -4.83. The third-order valence-electron chi connectivity index (χ3n) is 1.63. The molecule has 0 heterocycles. The third-order valence-corrected chi connectivity index (χ3v) is 3.42. The van der Waals surface area contributed by atoms with Crippen molar-refractivity contribution < 1.29 is 17.4 Å². The van der Waals surface area contributed by atoms with Crippen LogP contribution in [0.2, 0.25) is 0 Å². The molecule has 0 saturated carbocycles. The Morgan fingerprint density at radius 3 is 2.00 bits per heavy atom. The third kappa shape index (κ3) is 1.84. The summed E-state index contributed by atoms with van der Waals surface area (Å²) < 4.78 is 48.0. The Hall–Kier alpha value is -1.17. The van der Waals surface area contributed by atoms with Gasteiger partial charge in [-0.15, -0.1) is 0 Å². The second kappa shape index (κ2) is 3.20. The molecule has 1 unspecified atom stereocenters. The molecule has 1 atom stereocenters. The molecule has 1 aromatic rings. The summed E-state index contributed by atoms with van der Waals surface area (Å²) in [5.74, 6) is 2.70. The molecule has 0 aliphatic rings. The average Bonchev–Trinajstić information content (AvgIpc) is 2.03. The standard InChI is InChI=1S/C8H8F3NOS/c1-14(13,8(9,10)11)7-4-2-6(12)3-5-7/h2-5H,1,12H2. The van der Waals surface area contributed by atoms with Gasteiger partial charge in [-0.1, -0.05) is 0 Å². The molecule has 0 saturated heterocycles. The van der Waals surface area contributed by atoms with Crippen LogP contribution < -0.4 is 5.73 Å². The van der Waals surface area contributed by atoms with Crippen LogP contribution >= 0.6 is 0 Å². The molecule has 0 amide bonds. The Labute approximate surface area is 79.5 Å². The average molecular weight is 223 g/mol. The zero-order valence-corrected chi connectivity index (χ0v) is 7.86. The summed E-state index contributed by atoms with van der Waals surface area (Å²) in [6.45, 7) is 0. The van der Waals surface area contributed by atoms with Gasteiger partial charge >= 0.3 is 5.51 Å². The summed E-state index contributed by atoms with van der Waals surface area (Å²) in [6.07, 6.45) is 0. The number of rotatable bonds is 1. The van der Waals surface area contributed by atoms with Gasteiger partial charge in [0.15, 0.2) is 0 Å². The highest BCUT2D eigenvalue weighted by molar-refractivity contribution is 8.01. The Balaban J connectivity index is 3.25. The van der Waals surface area contributed by atoms with Crippen molar-refractivity contribution in [3.63, 3.8) is 0 Å². The Bertz CT molecular complexity index is 419. The van der Waals surface area contributed by atoms with Crippen LogP contribution in [0.15, 0.2) is 29.2 Å². The number of hydrogen-bond donors (Lipinski definition) is 1. The van der Waals surface area contributed by atoms with Crippen molar-refractivity contribution in [2.24, 2.45) is 0 Å². The lowest BCUT2D eigenvalue weighted by Crippen LogP contribution is -2.22. The number of hydrogen-bond acceptors (Lipinski definition) is 2. The van der Waals surface area contributed by atoms with Crippen molar-refractivity contribution in [2.75, 3.05) is 5.73 Å². The summed E-state index contributed by atoms with van der Waals surface area (Å²) in [5.41, 5.74) is 0.766. The molecular formula is C8H8F3NOS. The fourth-order valence-corrected chi connectivity index (χ4v) is 1.66. The van der Waals surface area contributed by atoms with Gasteiger partial charge in [-0.3, -0.25) is 4.21 Å². The van der Waals surface area contributed by atoms with Crippen LogP contribution in [0, 0.1) is 0 Å². The first kappa shape index (κ1) is 10.9. The molecule has 0 aromatic heterocycles. The molecule has 6 heteroatoms. The molecule has 2 N–H and O–H groups in total. The van der Waals surface area contributed by atoms with Gasteiger partial charge in [0.2, 0.25) is 0 Å². The zero-order valence-electron chi connectivity index (χ0n) is 7.04. The van der Waals surface area contributed by atoms with E-state index < -0.39 is 15.0 Å². The first-order valence-electron chi connectivity index (χ1n) is 3.54. The van der Waals surface area contributed by atoms with E-state index in [0.29, 0.717) is 5.69 Å². The highest BCUT2D eigenvalue weighted by Crippen LogP contribution is 2.30. The molecule has 0 aliphatic heterocycles. The van der Waals surface area contributed by atoms with E-state index >= 15 is 0 Å². The van der Waals surface area contributed by atoms with Crippen molar-refractivity contribution in [1.29, 1.82) is 0 Å². The number of halogens is 3. The highest BCUT2D eigenvalue weighted by atomic mass is 32.2. The fraction of sp³-hybridized carbons (Fsp3) is 0.125. The van der Waals surface area contributed by atoms with Crippen molar-refractivity contribution in [2.45, 2.75) is 10.4 Å². The van der Waals surface area contributed by atoms with Gasteiger partial charge in [-0.2, -0.15) is 13.2 Å². The Kier molecular flexibility index (Phi) is 2.49. The van der Waals surface area contributed by atoms with Gasteiger partial charge < -0.3 is 5.73 Å². The molecule has 1 aromatic carbocycles. The molecule has 2 nitrogen and oxygen atoms in total.